The lowest BCUT2D eigenvalue weighted by molar-refractivity contribution is 0.0969. The number of rotatable bonds is 6. The zero-order chi connectivity index (χ0) is 16.9. The first-order chi connectivity index (χ1) is 11.7. The molecule has 0 saturated heterocycles. The van der Waals surface area contributed by atoms with E-state index in [9.17, 15) is 9.59 Å². The summed E-state index contributed by atoms with van der Waals surface area (Å²) in [5.41, 5.74) is 1.20. The van der Waals surface area contributed by atoms with Crippen LogP contribution in [0.25, 0.3) is 11.4 Å². The van der Waals surface area contributed by atoms with Crippen molar-refractivity contribution in [2.75, 3.05) is 6.61 Å². The van der Waals surface area contributed by atoms with Gasteiger partial charge in [0.2, 0.25) is 0 Å². The van der Waals surface area contributed by atoms with Crippen LogP contribution in [0.4, 0.5) is 0 Å². The van der Waals surface area contributed by atoms with Gasteiger partial charge in [-0.2, -0.15) is 0 Å². The summed E-state index contributed by atoms with van der Waals surface area (Å²) in [6.07, 6.45) is 0. The molecule has 0 bridgehead atoms. The van der Waals surface area contributed by atoms with Gasteiger partial charge in [0, 0.05) is 11.1 Å². The molecule has 6 heteroatoms. The van der Waals surface area contributed by atoms with Gasteiger partial charge in [0.15, 0.2) is 11.6 Å². The number of ketones is 1. The van der Waals surface area contributed by atoms with Crippen LogP contribution in [-0.4, -0.2) is 22.1 Å². The Bertz CT molecular complexity index is 879. The summed E-state index contributed by atoms with van der Waals surface area (Å²) in [4.78, 5) is 24.3. The Labute approximate surface area is 138 Å². The van der Waals surface area contributed by atoms with Crippen molar-refractivity contribution in [3.05, 3.63) is 70.7 Å². The Balaban J connectivity index is 1.85. The van der Waals surface area contributed by atoms with Gasteiger partial charge in [0.05, 0.1) is 13.2 Å². The summed E-state index contributed by atoms with van der Waals surface area (Å²) < 4.78 is 11.3. The highest BCUT2D eigenvalue weighted by molar-refractivity contribution is 5.96. The van der Waals surface area contributed by atoms with Crippen LogP contribution in [0.15, 0.2) is 63.9 Å². The molecule has 0 fully saturated rings. The smallest absolute Gasteiger partial charge is 0.442 e. The summed E-state index contributed by atoms with van der Waals surface area (Å²) in [5, 5.41) is 3.77. The number of ether oxygens (including phenoxy) is 1. The third kappa shape index (κ3) is 3.27. The number of aromatic nitrogens is 2. The molecule has 0 aliphatic rings. The molecule has 0 spiro atoms. The fourth-order valence-electron chi connectivity index (χ4n) is 2.34. The van der Waals surface area contributed by atoms with E-state index in [1.165, 1.54) is 4.57 Å². The van der Waals surface area contributed by atoms with Crippen LogP contribution in [-0.2, 0) is 6.54 Å². The Morgan fingerprint density at radius 1 is 1.12 bits per heavy atom. The molecule has 122 valence electrons. The Hall–Kier alpha value is -3.15. The molecule has 0 atom stereocenters. The third-order valence-electron chi connectivity index (χ3n) is 3.51. The first kappa shape index (κ1) is 15.7. The lowest BCUT2D eigenvalue weighted by Crippen LogP contribution is -2.21. The molecule has 0 saturated carbocycles. The molecule has 2 aromatic carbocycles. The highest BCUT2D eigenvalue weighted by atomic mass is 16.5. The topological polar surface area (TPSA) is 74.3 Å². The van der Waals surface area contributed by atoms with Gasteiger partial charge in [-0.15, -0.1) is 0 Å². The Morgan fingerprint density at radius 2 is 1.83 bits per heavy atom. The van der Waals surface area contributed by atoms with E-state index >= 15 is 0 Å². The lowest BCUT2D eigenvalue weighted by Gasteiger charge is -2.06. The molecule has 1 heterocycles. The first-order valence-corrected chi connectivity index (χ1v) is 7.57. The molecule has 6 nitrogen and oxygen atoms in total. The maximum absolute atomic E-state index is 12.4. The zero-order valence-electron chi connectivity index (χ0n) is 13.1. The van der Waals surface area contributed by atoms with E-state index in [0.29, 0.717) is 29.3 Å². The van der Waals surface area contributed by atoms with Gasteiger partial charge in [-0.05, 0) is 31.2 Å². The van der Waals surface area contributed by atoms with Gasteiger partial charge in [-0.3, -0.25) is 9.32 Å². The second-order valence-electron chi connectivity index (χ2n) is 5.10. The predicted octanol–water partition coefficient (Wildman–Crippen LogP) is 2.78. The van der Waals surface area contributed by atoms with Crippen LogP contribution < -0.4 is 10.5 Å². The molecule has 0 radical (unpaired) electrons. The van der Waals surface area contributed by atoms with Gasteiger partial charge >= 0.3 is 5.76 Å². The van der Waals surface area contributed by atoms with Gasteiger partial charge < -0.3 is 4.74 Å². The number of hydrogen-bond acceptors (Lipinski definition) is 5. The van der Waals surface area contributed by atoms with Crippen LogP contribution >= 0.6 is 0 Å². The molecule has 1 aromatic heterocycles. The maximum atomic E-state index is 12.4. The number of carbonyl (C=O) groups is 1. The normalized spacial score (nSPS) is 10.5. The van der Waals surface area contributed by atoms with Crippen molar-refractivity contribution >= 4 is 5.78 Å². The van der Waals surface area contributed by atoms with Crippen molar-refractivity contribution in [2.24, 2.45) is 0 Å². The molecule has 3 aromatic rings. The van der Waals surface area contributed by atoms with E-state index in [4.69, 9.17) is 9.26 Å². The molecular weight excluding hydrogens is 308 g/mol. The molecule has 3 rings (SSSR count). The molecule has 0 aliphatic heterocycles. The van der Waals surface area contributed by atoms with Gasteiger partial charge in [0.1, 0.15) is 5.75 Å². The molecule has 24 heavy (non-hydrogen) atoms. The highest BCUT2D eigenvalue weighted by Gasteiger charge is 2.16. The van der Waals surface area contributed by atoms with Crippen LogP contribution in [0, 0.1) is 0 Å². The van der Waals surface area contributed by atoms with Crippen LogP contribution in [0.2, 0.25) is 0 Å². The summed E-state index contributed by atoms with van der Waals surface area (Å²) in [6, 6.07) is 15.9. The largest absolute Gasteiger partial charge is 0.494 e. The average molecular weight is 324 g/mol. The van der Waals surface area contributed by atoms with Crippen LogP contribution in [0.5, 0.6) is 5.75 Å². The third-order valence-corrected chi connectivity index (χ3v) is 3.51. The monoisotopic (exact) mass is 324 g/mol. The van der Waals surface area contributed by atoms with E-state index in [2.05, 4.69) is 5.16 Å². The zero-order valence-corrected chi connectivity index (χ0v) is 13.1. The van der Waals surface area contributed by atoms with E-state index in [1.54, 1.807) is 36.4 Å². The van der Waals surface area contributed by atoms with Crippen LogP contribution in [0.1, 0.15) is 17.3 Å². The highest BCUT2D eigenvalue weighted by Crippen LogP contribution is 2.17. The quantitative estimate of drug-likeness (QED) is 0.652. The van der Waals surface area contributed by atoms with Crippen molar-refractivity contribution in [3.63, 3.8) is 0 Å². The number of carbonyl (C=O) groups excluding carboxylic acids is 1. The average Bonchev–Trinajstić information content (AvgIpc) is 2.97. The summed E-state index contributed by atoms with van der Waals surface area (Å²) in [5.74, 6) is 0.162. The first-order valence-electron chi connectivity index (χ1n) is 7.57. The van der Waals surface area contributed by atoms with E-state index in [-0.39, 0.29) is 12.3 Å². The van der Waals surface area contributed by atoms with E-state index in [0.717, 1.165) is 0 Å². The fraction of sp³-hybridized carbons (Fsp3) is 0.167. The van der Waals surface area contributed by atoms with Crippen molar-refractivity contribution in [2.45, 2.75) is 13.5 Å². The summed E-state index contributed by atoms with van der Waals surface area (Å²) in [7, 11) is 0. The standard InChI is InChI=1S/C18H16N2O4/c1-2-23-15-10-8-13(9-11-15)16(21)12-20-17(19-24-18(20)22)14-6-4-3-5-7-14/h3-11H,2,12H2,1H3. The van der Waals surface area contributed by atoms with Crippen molar-refractivity contribution in [1.29, 1.82) is 0 Å². The second-order valence-corrected chi connectivity index (χ2v) is 5.10. The number of Topliss-reactive ketones (excluding diaryl/α,β-unsaturated/α-hetero) is 1. The number of nitrogens with zero attached hydrogens (tertiary/aromatic N) is 2. The molecular formula is C18H16N2O4. The SMILES string of the molecule is CCOc1ccc(C(=O)Cn2c(-c3ccccc3)noc2=O)cc1. The Morgan fingerprint density at radius 3 is 2.50 bits per heavy atom. The Kier molecular flexibility index (Phi) is 4.56. The van der Waals surface area contributed by atoms with E-state index < -0.39 is 5.76 Å². The predicted molar refractivity (Wildman–Crippen MR) is 88.1 cm³/mol. The minimum atomic E-state index is -0.659. The van der Waals surface area contributed by atoms with Crippen molar-refractivity contribution in [3.8, 4) is 17.1 Å². The van der Waals surface area contributed by atoms with Gasteiger partial charge in [-0.25, -0.2) is 9.36 Å². The minimum absolute atomic E-state index is 0.138. The van der Waals surface area contributed by atoms with Gasteiger partial charge in [-0.1, -0.05) is 35.5 Å². The molecule has 0 aliphatic carbocycles. The maximum Gasteiger partial charge on any atom is 0.442 e. The van der Waals surface area contributed by atoms with Crippen molar-refractivity contribution < 1.29 is 14.1 Å². The van der Waals surface area contributed by atoms with Crippen molar-refractivity contribution in [1.82, 2.24) is 9.72 Å². The fourth-order valence-corrected chi connectivity index (χ4v) is 2.34. The van der Waals surface area contributed by atoms with Gasteiger partial charge in [0.25, 0.3) is 0 Å². The lowest BCUT2D eigenvalue weighted by atomic mass is 10.1. The van der Waals surface area contributed by atoms with E-state index in [1.807, 2.05) is 25.1 Å². The summed E-state index contributed by atoms with van der Waals surface area (Å²) in [6.45, 7) is 2.31. The molecule has 0 unspecified atom stereocenters. The second kappa shape index (κ2) is 6.95. The summed E-state index contributed by atoms with van der Waals surface area (Å²) >= 11 is 0. The number of hydrogen-bond donors (Lipinski definition) is 0. The minimum Gasteiger partial charge on any atom is -0.494 e. The molecule has 0 amide bonds. The molecule has 0 N–H and O–H groups in total. The number of benzene rings is 2. The van der Waals surface area contributed by atoms with Crippen LogP contribution in [0.3, 0.4) is 0 Å².